The van der Waals surface area contributed by atoms with Gasteiger partial charge in [0.15, 0.2) is 6.10 Å². The Morgan fingerprint density at radius 2 is 2.24 bits per heavy atom. The van der Waals surface area contributed by atoms with Crippen molar-refractivity contribution in [2.75, 3.05) is 5.88 Å². The van der Waals surface area contributed by atoms with Crippen LogP contribution in [-0.4, -0.2) is 22.1 Å². The third-order valence-corrected chi connectivity index (χ3v) is 2.67. The Bertz CT molecular complexity index is 454. The topological polar surface area (TPSA) is 81.3 Å². The van der Waals surface area contributed by atoms with Gasteiger partial charge < -0.3 is 10.2 Å². The first kappa shape index (κ1) is 13.5. The van der Waals surface area contributed by atoms with E-state index in [-0.39, 0.29) is 11.1 Å². The number of carboxylic acids is 1. The summed E-state index contributed by atoms with van der Waals surface area (Å²) < 4.78 is 0. The van der Waals surface area contributed by atoms with Crippen LogP contribution in [0.3, 0.4) is 0 Å². The highest BCUT2D eigenvalue weighted by atomic mass is 35.5. The van der Waals surface area contributed by atoms with E-state index in [0.29, 0.717) is 24.3 Å². The molecule has 0 heterocycles. The van der Waals surface area contributed by atoms with Gasteiger partial charge in [-0.05, 0) is 24.5 Å². The highest BCUT2D eigenvalue weighted by Crippen LogP contribution is 2.24. The van der Waals surface area contributed by atoms with Crippen molar-refractivity contribution >= 4 is 17.6 Å². The fourth-order valence-electron chi connectivity index (χ4n) is 1.63. The quantitative estimate of drug-likeness (QED) is 0.785. The maximum atomic E-state index is 10.8. The first-order chi connectivity index (χ1) is 8.11. The molecule has 0 aromatic heterocycles. The fourth-order valence-corrected chi connectivity index (χ4v) is 1.77. The van der Waals surface area contributed by atoms with E-state index < -0.39 is 12.1 Å². The number of hydrogen-bond acceptors (Lipinski definition) is 3. The van der Waals surface area contributed by atoms with Gasteiger partial charge in [0, 0.05) is 11.4 Å². The van der Waals surface area contributed by atoms with E-state index in [1.165, 1.54) is 6.07 Å². The Kier molecular flexibility index (Phi) is 4.95. The lowest BCUT2D eigenvalue weighted by Gasteiger charge is -2.13. The lowest BCUT2D eigenvalue weighted by Crippen LogP contribution is -2.14. The normalized spacial score (nSPS) is 11.8. The predicted molar refractivity (Wildman–Crippen MR) is 62.8 cm³/mol. The molecule has 2 N–H and O–H groups in total. The average Bonchev–Trinajstić information content (AvgIpc) is 2.34. The Morgan fingerprint density at radius 1 is 1.53 bits per heavy atom. The maximum Gasteiger partial charge on any atom is 0.337 e. The molecule has 0 bridgehead atoms. The third-order valence-electron chi connectivity index (χ3n) is 2.40. The number of aliphatic hydroxyl groups excluding tert-OH is 1. The molecule has 1 aromatic carbocycles. The molecule has 4 nitrogen and oxygen atoms in total. The molecule has 90 valence electrons. The van der Waals surface area contributed by atoms with Crippen LogP contribution < -0.4 is 0 Å². The van der Waals surface area contributed by atoms with Gasteiger partial charge in [0.05, 0.1) is 11.6 Å². The first-order valence-electron chi connectivity index (χ1n) is 5.10. The Labute approximate surface area is 104 Å². The lowest BCUT2D eigenvalue weighted by atomic mass is 9.94. The van der Waals surface area contributed by atoms with Crippen LogP contribution in [0.25, 0.3) is 0 Å². The fraction of sp³-hybridized carbons (Fsp3) is 0.333. The number of carboxylic acid groups (broad SMARTS) is 1. The zero-order chi connectivity index (χ0) is 12.8. The van der Waals surface area contributed by atoms with Gasteiger partial charge in [-0.3, -0.25) is 0 Å². The van der Waals surface area contributed by atoms with Crippen molar-refractivity contribution in [3.8, 4) is 6.07 Å². The number of hydrogen-bond donors (Lipinski definition) is 2. The number of rotatable bonds is 5. The summed E-state index contributed by atoms with van der Waals surface area (Å²) in [6.45, 7) is 0. The Balaban J connectivity index is 3.21. The van der Waals surface area contributed by atoms with Gasteiger partial charge in [-0.2, -0.15) is 5.26 Å². The summed E-state index contributed by atoms with van der Waals surface area (Å²) in [5, 5.41) is 27.3. The molecule has 17 heavy (non-hydrogen) atoms. The zero-order valence-corrected chi connectivity index (χ0v) is 9.81. The van der Waals surface area contributed by atoms with E-state index in [9.17, 15) is 9.90 Å². The van der Waals surface area contributed by atoms with Crippen molar-refractivity contribution in [3.05, 3.63) is 34.9 Å². The molecule has 5 heteroatoms. The van der Waals surface area contributed by atoms with Gasteiger partial charge in [-0.15, -0.1) is 11.6 Å². The average molecular weight is 254 g/mol. The van der Waals surface area contributed by atoms with E-state index in [2.05, 4.69) is 0 Å². The molecular weight excluding hydrogens is 242 g/mol. The molecule has 0 saturated heterocycles. The molecule has 1 atom stereocenters. The zero-order valence-electron chi connectivity index (χ0n) is 9.06. The summed E-state index contributed by atoms with van der Waals surface area (Å²) in [5.74, 6) is -0.917. The Hall–Kier alpha value is -1.57. The van der Waals surface area contributed by atoms with Crippen LogP contribution in [0.2, 0.25) is 0 Å². The summed E-state index contributed by atoms with van der Waals surface area (Å²) in [7, 11) is 0. The van der Waals surface area contributed by atoms with Gasteiger partial charge >= 0.3 is 5.97 Å². The molecule has 1 unspecified atom stereocenters. The minimum Gasteiger partial charge on any atom is -0.479 e. The molecule has 0 fully saturated rings. The van der Waals surface area contributed by atoms with E-state index in [4.69, 9.17) is 22.0 Å². The number of nitrogens with zero attached hydrogens (tertiary/aromatic N) is 1. The number of aryl methyl sites for hydroxylation is 1. The van der Waals surface area contributed by atoms with Crippen molar-refractivity contribution < 1.29 is 15.0 Å². The maximum absolute atomic E-state index is 10.8. The van der Waals surface area contributed by atoms with Crippen molar-refractivity contribution in [2.45, 2.75) is 18.9 Å². The molecule has 0 aliphatic carbocycles. The van der Waals surface area contributed by atoms with Gasteiger partial charge in [0.25, 0.3) is 0 Å². The highest BCUT2D eigenvalue weighted by Gasteiger charge is 2.22. The number of benzene rings is 1. The largest absolute Gasteiger partial charge is 0.479 e. The highest BCUT2D eigenvalue weighted by molar-refractivity contribution is 6.17. The molecule has 0 amide bonds. The second-order valence-electron chi connectivity index (χ2n) is 3.52. The number of nitriles is 1. The number of halogens is 1. The SMILES string of the molecule is N#Cc1cccc(CCCCl)c1C(O)C(=O)O. The molecule has 0 aliphatic rings. The van der Waals surface area contributed by atoms with Crippen LogP contribution >= 0.6 is 11.6 Å². The molecule has 0 aliphatic heterocycles. The van der Waals surface area contributed by atoms with Crippen molar-refractivity contribution in [3.63, 3.8) is 0 Å². The number of aliphatic hydroxyl groups is 1. The summed E-state index contributed by atoms with van der Waals surface area (Å²) in [5.41, 5.74) is 1.01. The van der Waals surface area contributed by atoms with E-state index in [0.717, 1.165) is 0 Å². The molecule has 1 rings (SSSR count). The molecular formula is C12H12ClNO3. The Morgan fingerprint density at radius 3 is 2.76 bits per heavy atom. The minimum absolute atomic E-state index is 0.174. The third kappa shape index (κ3) is 3.19. The van der Waals surface area contributed by atoms with Crippen LogP contribution in [0.5, 0.6) is 0 Å². The van der Waals surface area contributed by atoms with Crippen LogP contribution in [0.15, 0.2) is 18.2 Å². The summed E-state index contributed by atoms with van der Waals surface area (Å²) >= 11 is 5.58. The van der Waals surface area contributed by atoms with E-state index in [1.807, 2.05) is 6.07 Å². The standard InChI is InChI=1S/C12H12ClNO3/c13-6-2-5-8-3-1-4-9(7-14)10(8)11(15)12(16)17/h1,3-4,11,15H,2,5-6H2,(H,16,17). The molecule has 0 spiro atoms. The summed E-state index contributed by atoms with van der Waals surface area (Å²) in [6.07, 6.45) is -0.467. The van der Waals surface area contributed by atoms with Crippen LogP contribution in [0, 0.1) is 11.3 Å². The summed E-state index contributed by atoms with van der Waals surface area (Å²) in [6, 6.07) is 6.75. The van der Waals surface area contributed by atoms with Gasteiger partial charge in [-0.25, -0.2) is 4.79 Å². The van der Waals surface area contributed by atoms with E-state index in [1.54, 1.807) is 12.1 Å². The number of alkyl halides is 1. The number of aliphatic carboxylic acids is 1. The smallest absolute Gasteiger partial charge is 0.337 e. The second-order valence-corrected chi connectivity index (χ2v) is 3.90. The van der Waals surface area contributed by atoms with Crippen LogP contribution in [0.4, 0.5) is 0 Å². The van der Waals surface area contributed by atoms with E-state index >= 15 is 0 Å². The van der Waals surface area contributed by atoms with Crippen LogP contribution in [-0.2, 0) is 11.2 Å². The van der Waals surface area contributed by atoms with Crippen molar-refractivity contribution in [2.24, 2.45) is 0 Å². The lowest BCUT2D eigenvalue weighted by molar-refractivity contribution is -0.147. The predicted octanol–water partition coefficient (Wildman–Crippen LogP) is 1.85. The minimum atomic E-state index is -1.67. The molecule has 0 saturated carbocycles. The van der Waals surface area contributed by atoms with Gasteiger partial charge in [-0.1, -0.05) is 12.1 Å². The molecule has 1 aromatic rings. The molecule has 0 radical (unpaired) electrons. The van der Waals surface area contributed by atoms with Crippen molar-refractivity contribution in [1.29, 1.82) is 5.26 Å². The first-order valence-corrected chi connectivity index (χ1v) is 5.64. The number of carbonyl (C=O) groups is 1. The van der Waals surface area contributed by atoms with Gasteiger partial charge in [0.2, 0.25) is 0 Å². The summed E-state index contributed by atoms with van der Waals surface area (Å²) in [4.78, 5) is 10.8. The van der Waals surface area contributed by atoms with Crippen molar-refractivity contribution in [1.82, 2.24) is 0 Å². The van der Waals surface area contributed by atoms with Crippen LogP contribution in [0.1, 0.15) is 29.2 Å². The monoisotopic (exact) mass is 253 g/mol. The second kappa shape index (κ2) is 6.24. The van der Waals surface area contributed by atoms with Gasteiger partial charge in [0.1, 0.15) is 0 Å².